The molecule has 3 N–H and O–H groups in total. The van der Waals surface area contributed by atoms with Gasteiger partial charge in [0.2, 0.25) is 12.0 Å². The molecule has 2 aliphatic rings. The van der Waals surface area contributed by atoms with Gasteiger partial charge in [-0.05, 0) is 76.5 Å². The molecule has 0 bridgehead atoms. The Labute approximate surface area is 164 Å². The molecule has 152 valence electrons. The minimum atomic E-state index is -0.376. The van der Waals surface area contributed by atoms with Crippen LogP contribution >= 0.6 is 0 Å². The molecule has 0 spiro atoms. The quantitative estimate of drug-likeness (QED) is 0.532. The van der Waals surface area contributed by atoms with E-state index in [1.165, 1.54) is 12.5 Å². The molecule has 2 amide bonds. The van der Waals surface area contributed by atoms with Crippen LogP contribution in [0.1, 0.15) is 63.5 Å². The molecular weight excluding hydrogens is 358 g/mol. The third-order valence-corrected chi connectivity index (χ3v) is 6.01. The topological polar surface area (TPSA) is 116 Å². The summed E-state index contributed by atoms with van der Waals surface area (Å²) < 4.78 is 0. The average Bonchev–Trinajstić information content (AvgIpc) is 2.64. The number of hydrogen-bond donors (Lipinski definition) is 3. The second-order valence-electron chi connectivity index (χ2n) is 8.20. The van der Waals surface area contributed by atoms with Gasteiger partial charge in [-0.3, -0.25) is 10.1 Å². The maximum absolute atomic E-state index is 12.2. The van der Waals surface area contributed by atoms with E-state index in [2.05, 4.69) is 25.6 Å². The number of H-pyrrole nitrogens is 1. The van der Waals surface area contributed by atoms with E-state index in [4.69, 9.17) is 0 Å². The predicted octanol–water partition coefficient (Wildman–Crippen LogP) is 3.04. The molecule has 0 aromatic carbocycles. The molecule has 0 aliphatic heterocycles. The van der Waals surface area contributed by atoms with E-state index in [0.29, 0.717) is 11.6 Å². The zero-order valence-electron chi connectivity index (χ0n) is 16.4. The van der Waals surface area contributed by atoms with Crippen molar-refractivity contribution in [1.29, 1.82) is 0 Å². The first-order valence-electron chi connectivity index (χ1n) is 10.2. The zero-order valence-corrected chi connectivity index (χ0v) is 16.4. The number of carbonyl (C=O) groups is 1. The summed E-state index contributed by atoms with van der Waals surface area (Å²) >= 11 is 0. The number of isocyanates is 1. The fourth-order valence-electron chi connectivity index (χ4n) is 4.56. The molecule has 1 aromatic rings. The number of rotatable bonds is 5. The van der Waals surface area contributed by atoms with Gasteiger partial charge in [-0.25, -0.2) is 14.6 Å². The molecule has 0 atom stereocenters. The van der Waals surface area contributed by atoms with E-state index in [0.717, 1.165) is 57.3 Å². The van der Waals surface area contributed by atoms with Gasteiger partial charge in [0, 0.05) is 17.8 Å². The summed E-state index contributed by atoms with van der Waals surface area (Å²) in [5, 5.41) is 5.60. The molecule has 0 radical (unpaired) electrons. The molecule has 2 aliphatic carbocycles. The molecular formula is C20H29N5O3. The maximum Gasteiger partial charge on any atom is 0.321 e. The predicted molar refractivity (Wildman–Crippen MR) is 106 cm³/mol. The number of anilines is 1. The number of aliphatic imine (C=N–C) groups is 1. The SMILES string of the molecule is Cc1cc(=O)nc(NC(=O)NC2CCC(CC3CCC(N=C=O)CC3)CC2)[nH]1. The molecule has 8 nitrogen and oxygen atoms in total. The number of aromatic amines is 1. The first kappa shape index (κ1) is 20.3. The lowest BCUT2D eigenvalue weighted by Crippen LogP contribution is -2.40. The second kappa shape index (κ2) is 9.64. The van der Waals surface area contributed by atoms with Crippen molar-refractivity contribution < 1.29 is 9.59 Å². The third-order valence-electron chi connectivity index (χ3n) is 6.01. The smallest absolute Gasteiger partial charge is 0.321 e. The van der Waals surface area contributed by atoms with E-state index >= 15 is 0 Å². The van der Waals surface area contributed by atoms with Crippen LogP contribution in [-0.2, 0) is 4.79 Å². The number of hydrogen-bond acceptors (Lipinski definition) is 5. The highest BCUT2D eigenvalue weighted by Gasteiger charge is 2.27. The van der Waals surface area contributed by atoms with Gasteiger partial charge in [0.05, 0.1) is 6.04 Å². The van der Waals surface area contributed by atoms with Gasteiger partial charge < -0.3 is 10.3 Å². The van der Waals surface area contributed by atoms with E-state index in [9.17, 15) is 14.4 Å². The lowest BCUT2D eigenvalue weighted by atomic mass is 9.76. The first-order chi connectivity index (χ1) is 13.5. The van der Waals surface area contributed by atoms with Gasteiger partial charge in [-0.2, -0.15) is 4.98 Å². The summed E-state index contributed by atoms with van der Waals surface area (Å²) in [6, 6.07) is 1.40. The highest BCUT2D eigenvalue weighted by molar-refractivity contribution is 5.87. The Hall–Kier alpha value is -2.47. The maximum atomic E-state index is 12.2. The van der Waals surface area contributed by atoms with Gasteiger partial charge in [0.1, 0.15) is 0 Å². The van der Waals surface area contributed by atoms with E-state index < -0.39 is 0 Å². The van der Waals surface area contributed by atoms with Crippen LogP contribution < -0.4 is 16.2 Å². The van der Waals surface area contributed by atoms with Gasteiger partial charge in [-0.1, -0.05) is 0 Å². The van der Waals surface area contributed by atoms with Gasteiger partial charge in [-0.15, -0.1) is 0 Å². The fourth-order valence-corrected chi connectivity index (χ4v) is 4.56. The van der Waals surface area contributed by atoms with Crippen LogP contribution in [0.5, 0.6) is 0 Å². The standard InChI is InChI=1S/C20H29N5O3/c1-13-10-18(27)24-19(22-13)25-20(28)23-17-8-4-15(5-9-17)11-14-2-6-16(7-3-14)21-12-26/h10,14-17H,2-9,11H2,1H3,(H3,22,23,24,25,27,28). The van der Waals surface area contributed by atoms with Crippen molar-refractivity contribution in [1.82, 2.24) is 15.3 Å². The first-order valence-corrected chi connectivity index (χ1v) is 10.2. The zero-order chi connectivity index (χ0) is 19.9. The van der Waals surface area contributed by atoms with Gasteiger partial charge >= 0.3 is 6.03 Å². The summed E-state index contributed by atoms with van der Waals surface area (Å²) in [5.41, 5.74) is 0.279. The van der Waals surface area contributed by atoms with E-state index in [1.54, 1.807) is 13.0 Å². The second-order valence-corrected chi connectivity index (χ2v) is 8.20. The van der Waals surface area contributed by atoms with Crippen LogP contribution in [0.15, 0.2) is 15.9 Å². The molecule has 2 saturated carbocycles. The number of amides is 2. The van der Waals surface area contributed by atoms with Crippen LogP contribution in [-0.4, -0.2) is 34.2 Å². The normalized spacial score (nSPS) is 27.5. The average molecular weight is 387 g/mol. The van der Waals surface area contributed by atoms with E-state index in [-0.39, 0.29) is 29.6 Å². The minimum absolute atomic E-state index is 0.158. The van der Waals surface area contributed by atoms with Crippen molar-refractivity contribution in [2.24, 2.45) is 16.8 Å². The highest BCUT2D eigenvalue weighted by atomic mass is 16.2. The Balaban J connectivity index is 1.37. The van der Waals surface area contributed by atoms with E-state index in [1.807, 2.05) is 0 Å². The number of nitrogens with one attached hydrogen (secondary N) is 3. The van der Waals surface area contributed by atoms with Crippen LogP contribution in [0.2, 0.25) is 0 Å². The monoisotopic (exact) mass is 387 g/mol. The number of urea groups is 1. The van der Waals surface area contributed by atoms with Crippen molar-refractivity contribution in [3.63, 3.8) is 0 Å². The highest BCUT2D eigenvalue weighted by Crippen LogP contribution is 2.36. The Morgan fingerprint density at radius 2 is 1.82 bits per heavy atom. The lowest BCUT2D eigenvalue weighted by molar-refractivity contribution is 0.211. The third kappa shape index (κ3) is 6.02. The summed E-state index contributed by atoms with van der Waals surface area (Å²) in [4.78, 5) is 44.4. The summed E-state index contributed by atoms with van der Waals surface area (Å²) in [5.74, 6) is 1.62. The van der Waals surface area contributed by atoms with Crippen molar-refractivity contribution in [3.05, 3.63) is 22.1 Å². The Bertz CT molecular complexity index is 770. The van der Waals surface area contributed by atoms with Crippen LogP contribution in [0.25, 0.3) is 0 Å². The van der Waals surface area contributed by atoms with Crippen molar-refractivity contribution in [2.45, 2.75) is 76.8 Å². The van der Waals surface area contributed by atoms with Crippen LogP contribution in [0, 0.1) is 18.8 Å². The molecule has 2 fully saturated rings. The van der Waals surface area contributed by atoms with Crippen molar-refractivity contribution in [2.75, 3.05) is 5.32 Å². The Kier molecular flexibility index (Phi) is 6.98. The molecule has 28 heavy (non-hydrogen) atoms. The molecule has 8 heteroatoms. The molecule has 3 rings (SSSR count). The summed E-state index contributed by atoms with van der Waals surface area (Å²) in [6.07, 6.45) is 11.4. The molecule has 0 saturated heterocycles. The molecule has 1 aromatic heterocycles. The summed E-state index contributed by atoms with van der Waals surface area (Å²) in [6.45, 7) is 1.75. The fraction of sp³-hybridized carbons (Fsp3) is 0.700. The Morgan fingerprint density at radius 1 is 1.18 bits per heavy atom. The van der Waals surface area contributed by atoms with Crippen LogP contribution in [0.3, 0.4) is 0 Å². The molecule has 1 heterocycles. The summed E-state index contributed by atoms with van der Waals surface area (Å²) in [7, 11) is 0. The number of aryl methyl sites for hydroxylation is 1. The molecule has 0 unspecified atom stereocenters. The minimum Gasteiger partial charge on any atom is -0.335 e. The number of nitrogens with zero attached hydrogens (tertiary/aromatic N) is 2. The Morgan fingerprint density at radius 3 is 2.43 bits per heavy atom. The lowest BCUT2D eigenvalue weighted by Gasteiger charge is -2.33. The number of aromatic nitrogens is 2. The van der Waals surface area contributed by atoms with Crippen molar-refractivity contribution >= 4 is 18.1 Å². The largest absolute Gasteiger partial charge is 0.335 e. The van der Waals surface area contributed by atoms with Crippen molar-refractivity contribution in [3.8, 4) is 0 Å². The van der Waals surface area contributed by atoms with Crippen LogP contribution in [0.4, 0.5) is 10.7 Å². The van der Waals surface area contributed by atoms with Gasteiger partial charge in [0.15, 0.2) is 0 Å². The number of carbonyl (C=O) groups excluding carboxylic acids is 2. The van der Waals surface area contributed by atoms with Gasteiger partial charge in [0.25, 0.3) is 5.56 Å².